The van der Waals surface area contributed by atoms with Crippen LogP contribution < -0.4 is 16.0 Å². The van der Waals surface area contributed by atoms with Crippen molar-refractivity contribution in [2.75, 3.05) is 10.6 Å². The van der Waals surface area contributed by atoms with Gasteiger partial charge in [-0.1, -0.05) is 30.5 Å². The summed E-state index contributed by atoms with van der Waals surface area (Å²) >= 11 is 0. The molecule has 146 valence electrons. The summed E-state index contributed by atoms with van der Waals surface area (Å²) in [5, 5.41) is 26.9. The number of nitrogens with zero attached hydrogens (tertiary/aromatic N) is 2. The minimum absolute atomic E-state index is 0.00213. The summed E-state index contributed by atoms with van der Waals surface area (Å²) in [6.45, 7) is 1.97. The van der Waals surface area contributed by atoms with E-state index >= 15 is 0 Å². The summed E-state index contributed by atoms with van der Waals surface area (Å²) in [4.78, 5) is 15.3. The van der Waals surface area contributed by atoms with Crippen molar-refractivity contribution in [1.82, 2.24) is 10.3 Å². The lowest BCUT2D eigenvalue weighted by atomic mass is 9.90. The summed E-state index contributed by atoms with van der Waals surface area (Å²) < 4.78 is 14.5. The summed E-state index contributed by atoms with van der Waals surface area (Å²) in [5.41, 5.74) is 1.91. The number of amides is 1. The van der Waals surface area contributed by atoms with Crippen molar-refractivity contribution in [1.29, 1.82) is 5.26 Å². The van der Waals surface area contributed by atoms with E-state index in [2.05, 4.69) is 20.9 Å². The Morgan fingerprint density at radius 2 is 1.89 bits per heavy atom. The highest BCUT2D eigenvalue weighted by molar-refractivity contribution is 5.66. The number of hydrogen-bond donors (Lipinski definition) is 4. The van der Waals surface area contributed by atoms with E-state index in [0.717, 1.165) is 30.2 Å². The van der Waals surface area contributed by atoms with Gasteiger partial charge in [0.15, 0.2) is 17.5 Å². The number of anilines is 3. The van der Waals surface area contributed by atoms with Crippen LogP contribution in [0.3, 0.4) is 0 Å². The normalized spacial score (nSPS) is 18.8. The second-order valence-electron chi connectivity index (χ2n) is 6.91. The third-order valence-corrected chi connectivity index (χ3v) is 4.81. The molecule has 0 radical (unpaired) electrons. The number of rotatable bonds is 5. The van der Waals surface area contributed by atoms with Crippen molar-refractivity contribution in [2.24, 2.45) is 0 Å². The lowest BCUT2D eigenvalue weighted by molar-refractivity contribution is 0.184. The molecule has 1 aliphatic carbocycles. The Hall–Kier alpha value is -3.34. The van der Waals surface area contributed by atoms with Crippen LogP contribution in [0.5, 0.6) is 0 Å². The van der Waals surface area contributed by atoms with Crippen LogP contribution in [0.25, 0.3) is 0 Å². The van der Waals surface area contributed by atoms with Crippen LogP contribution in [-0.2, 0) is 0 Å². The molecule has 0 aliphatic heterocycles. The SMILES string of the molecule is Cc1ccc(Nc2nc(N[C@@H]3CCCC[C@@H]3NC(=O)O)c(F)cc2C#N)cc1. The Labute approximate surface area is 162 Å². The van der Waals surface area contributed by atoms with Crippen molar-refractivity contribution in [2.45, 2.75) is 44.7 Å². The lowest BCUT2D eigenvalue weighted by Gasteiger charge is -2.32. The topological polar surface area (TPSA) is 110 Å². The fourth-order valence-electron chi connectivity index (χ4n) is 3.35. The molecule has 7 nitrogen and oxygen atoms in total. The van der Waals surface area contributed by atoms with E-state index in [1.54, 1.807) is 0 Å². The minimum Gasteiger partial charge on any atom is -0.465 e. The molecule has 0 spiro atoms. The van der Waals surface area contributed by atoms with E-state index in [0.29, 0.717) is 12.8 Å². The van der Waals surface area contributed by atoms with E-state index in [-0.39, 0.29) is 29.3 Å². The van der Waals surface area contributed by atoms with Crippen molar-refractivity contribution in [3.63, 3.8) is 0 Å². The monoisotopic (exact) mass is 383 g/mol. The highest BCUT2D eigenvalue weighted by atomic mass is 19.1. The first kappa shape index (κ1) is 19.4. The van der Waals surface area contributed by atoms with Gasteiger partial charge in [-0.2, -0.15) is 5.26 Å². The molecule has 1 fully saturated rings. The maximum atomic E-state index is 14.5. The van der Waals surface area contributed by atoms with Gasteiger partial charge in [0.1, 0.15) is 6.07 Å². The van der Waals surface area contributed by atoms with Gasteiger partial charge in [-0.05, 0) is 38.0 Å². The molecule has 2 atom stereocenters. The molecule has 2 aromatic rings. The van der Waals surface area contributed by atoms with E-state index in [1.807, 2.05) is 37.3 Å². The fraction of sp³-hybridized carbons (Fsp3) is 0.350. The van der Waals surface area contributed by atoms with Crippen molar-refractivity contribution < 1.29 is 14.3 Å². The second kappa shape index (κ2) is 8.57. The van der Waals surface area contributed by atoms with Gasteiger partial charge in [-0.15, -0.1) is 0 Å². The van der Waals surface area contributed by atoms with Crippen molar-refractivity contribution >= 4 is 23.4 Å². The highest BCUT2D eigenvalue weighted by Crippen LogP contribution is 2.27. The molecule has 1 amide bonds. The summed E-state index contributed by atoms with van der Waals surface area (Å²) in [5.74, 6) is -0.405. The molecule has 28 heavy (non-hydrogen) atoms. The van der Waals surface area contributed by atoms with E-state index in [4.69, 9.17) is 5.11 Å². The summed E-state index contributed by atoms with van der Waals surface area (Å²) in [6, 6.07) is 10.0. The number of hydrogen-bond acceptors (Lipinski definition) is 5. The van der Waals surface area contributed by atoms with Crippen LogP contribution in [0.4, 0.5) is 26.5 Å². The molecule has 0 bridgehead atoms. The van der Waals surface area contributed by atoms with Gasteiger partial charge in [0, 0.05) is 11.7 Å². The van der Waals surface area contributed by atoms with Crippen molar-refractivity contribution in [3.8, 4) is 6.07 Å². The van der Waals surface area contributed by atoms with E-state index < -0.39 is 11.9 Å². The Morgan fingerprint density at radius 3 is 2.54 bits per heavy atom. The summed E-state index contributed by atoms with van der Waals surface area (Å²) in [7, 11) is 0. The molecule has 0 unspecified atom stereocenters. The number of aromatic nitrogens is 1. The Bertz CT molecular complexity index is 895. The summed E-state index contributed by atoms with van der Waals surface area (Å²) in [6.07, 6.45) is 2.10. The molecule has 8 heteroatoms. The maximum absolute atomic E-state index is 14.5. The second-order valence-corrected chi connectivity index (χ2v) is 6.91. The highest BCUT2D eigenvalue weighted by Gasteiger charge is 2.28. The van der Waals surface area contributed by atoms with Crippen LogP contribution in [0.15, 0.2) is 30.3 Å². The number of nitrogens with one attached hydrogen (secondary N) is 3. The average molecular weight is 383 g/mol. The van der Waals surface area contributed by atoms with E-state index in [1.165, 1.54) is 0 Å². The third kappa shape index (κ3) is 4.68. The zero-order valence-corrected chi connectivity index (χ0v) is 15.5. The van der Waals surface area contributed by atoms with Gasteiger partial charge in [0.25, 0.3) is 0 Å². The Morgan fingerprint density at radius 1 is 1.21 bits per heavy atom. The number of nitriles is 1. The first-order valence-corrected chi connectivity index (χ1v) is 9.16. The van der Waals surface area contributed by atoms with E-state index in [9.17, 15) is 14.4 Å². The first-order chi connectivity index (χ1) is 13.5. The predicted octanol–water partition coefficient (Wildman–Crippen LogP) is 4.14. The van der Waals surface area contributed by atoms with Gasteiger partial charge in [-0.3, -0.25) is 0 Å². The molecule has 3 rings (SSSR count). The van der Waals surface area contributed by atoms with Crippen LogP contribution in [0, 0.1) is 24.1 Å². The zero-order chi connectivity index (χ0) is 20.1. The van der Waals surface area contributed by atoms with Crippen LogP contribution >= 0.6 is 0 Å². The molecule has 0 saturated heterocycles. The number of benzene rings is 1. The standard InChI is InChI=1S/C20H22FN5O2/c1-12-6-8-14(9-7-12)23-18-13(11-22)10-15(21)19(26-18)24-16-4-2-3-5-17(16)25-20(27)28/h6-10,16-17,25H,2-5H2,1H3,(H,27,28)(H2,23,24,26)/t16-,17+/m1/s1. The molecule has 4 N–H and O–H groups in total. The molecule has 1 aromatic carbocycles. The van der Waals surface area contributed by atoms with Crippen molar-refractivity contribution in [3.05, 3.63) is 47.3 Å². The largest absolute Gasteiger partial charge is 0.465 e. The Balaban J connectivity index is 1.85. The van der Waals surface area contributed by atoms with Crippen LogP contribution in [0.2, 0.25) is 0 Å². The first-order valence-electron chi connectivity index (χ1n) is 9.16. The number of aryl methyl sites for hydroxylation is 1. The minimum atomic E-state index is -1.10. The molecule has 1 heterocycles. The molecular formula is C20H22FN5O2. The van der Waals surface area contributed by atoms with Gasteiger partial charge in [-0.25, -0.2) is 14.2 Å². The predicted molar refractivity (Wildman–Crippen MR) is 104 cm³/mol. The zero-order valence-electron chi connectivity index (χ0n) is 15.5. The number of pyridine rings is 1. The maximum Gasteiger partial charge on any atom is 0.404 e. The van der Waals surface area contributed by atoms with Crippen LogP contribution in [0.1, 0.15) is 36.8 Å². The molecule has 1 aliphatic rings. The molecular weight excluding hydrogens is 361 g/mol. The fourth-order valence-corrected chi connectivity index (χ4v) is 3.35. The lowest BCUT2D eigenvalue weighted by Crippen LogP contribution is -2.48. The van der Waals surface area contributed by atoms with Gasteiger partial charge in [0.2, 0.25) is 0 Å². The third-order valence-electron chi connectivity index (χ3n) is 4.81. The number of carbonyl (C=O) groups is 1. The quantitative estimate of drug-likeness (QED) is 0.618. The van der Waals surface area contributed by atoms with Gasteiger partial charge < -0.3 is 21.1 Å². The van der Waals surface area contributed by atoms with Crippen LogP contribution in [-0.4, -0.2) is 28.3 Å². The number of halogens is 1. The Kier molecular flexibility index (Phi) is 5.94. The van der Waals surface area contributed by atoms with Gasteiger partial charge in [0.05, 0.1) is 11.6 Å². The number of carboxylic acid groups (broad SMARTS) is 1. The molecule has 1 saturated carbocycles. The average Bonchev–Trinajstić information content (AvgIpc) is 2.67. The smallest absolute Gasteiger partial charge is 0.404 e. The van der Waals surface area contributed by atoms with Gasteiger partial charge >= 0.3 is 6.09 Å². The molecule has 1 aromatic heterocycles.